The minimum atomic E-state index is -4.59. The lowest BCUT2D eigenvalue weighted by molar-refractivity contribution is -0.123. The third kappa shape index (κ3) is 6.84. The van der Waals surface area contributed by atoms with Crippen LogP contribution in [-0.4, -0.2) is 60.6 Å². The van der Waals surface area contributed by atoms with Crippen molar-refractivity contribution < 1.29 is 36.3 Å². The molecule has 0 aliphatic carbocycles. The Hall–Kier alpha value is -2.61. The van der Waals surface area contributed by atoms with Crippen LogP contribution in [-0.2, 0) is 34.4 Å². The molecule has 0 saturated carbocycles. The number of carbonyl (C=O) groups is 3. The van der Waals surface area contributed by atoms with Gasteiger partial charge in [-0.2, -0.15) is 0 Å². The molecule has 0 spiro atoms. The molecule has 2 aromatic heterocycles. The van der Waals surface area contributed by atoms with Crippen LogP contribution in [0.15, 0.2) is 8.68 Å². The molecule has 19 heteroatoms. The van der Waals surface area contributed by atoms with Gasteiger partial charge in [0, 0.05) is 13.8 Å². The number of rotatable bonds is 6. The first-order valence-electron chi connectivity index (χ1n) is 6.50. The molecule has 0 aromatic carbocycles. The summed E-state index contributed by atoms with van der Waals surface area (Å²) < 4.78 is 48.5. The first-order chi connectivity index (χ1) is 12.9. The first kappa shape index (κ1) is 23.4. The van der Waals surface area contributed by atoms with E-state index in [1.165, 1.54) is 18.0 Å². The fourth-order valence-electron chi connectivity index (χ4n) is 1.25. The van der Waals surface area contributed by atoms with Crippen LogP contribution in [0, 0.1) is 0 Å². The van der Waals surface area contributed by atoms with Crippen molar-refractivity contribution in [3.8, 4) is 0 Å². The summed E-state index contributed by atoms with van der Waals surface area (Å²) in [6.45, 7) is 2.11. The van der Waals surface area contributed by atoms with E-state index < -0.39 is 40.5 Å². The molecule has 15 nitrogen and oxygen atoms in total. The molecule has 0 aliphatic heterocycles. The van der Waals surface area contributed by atoms with Gasteiger partial charge < -0.3 is 15.7 Å². The number of nitrogens with zero attached hydrogens (tertiary/aromatic N) is 4. The number of amides is 2. The highest BCUT2D eigenvalue weighted by molar-refractivity contribution is 8.06. The van der Waals surface area contributed by atoms with Gasteiger partial charge in [-0.05, 0) is 0 Å². The highest BCUT2D eigenvalue weighted by Crippen LogP contribution is 2.23. The third-order valence-electron chi connectivity index (χ3n) is 2.06. The average Bonchev–Trinajstić information content (AvgIpc) is 3.16. The van der Waals surface area contributed by atoms with Crippen LogP contribution in [0.4, 0.5) is 10.3 Å². The maximum Gasteiger partial charge on any atom is 0.290 e. The number of hydrogen-bond donors (Lipinski definition) is 4. The number of nitrogens with one attached hydrogen (secondary N) is 3. The Bertz CT molecular complexity index is 991. The van der Waals surface area contributed by atoms with E-state index in [4.69, 9.17) is 9.90 Å². The number of carboxylic acid groups (broad SMARTS) is 1. The second kappa shape index (κ2) is 9.54. The summed E-state index contributed by atoms with van der Waals surface area (Å²) >= 11 is 0.918. The van der Waals surface area contributed by atoms with Crippen LogP contribution in [0.25, 0.3) is 0 Å². The van der Waals surface area contributed by atoms with E-state index in [1.807, 2.05) is 0 Å². The van der Waals surface area contributed by atoms with E-state index in [1.54, 1.807) is 0 Å². The lowest BCUT2D eigenvalue weighted by atomic mass is 10.7. The summed E-state index contributed by atoms with van der Waals surface area (Å²) in [7, 11) is -9.18. The lowest BCUT2D eigenvalue weighted by Gasteiger charge is -2.01. The van der Waals surface area contributed by atoms with Crippen LogP contribution in [0.1, 0.15) is 13.8 Å². The minimum Gasteiger partial charge on any atom is -0.483 e. The SMILES string of the molecule is CC(=O)Nc1nnc(S(=O)(=O)NS(=O)(=O)c2nnc(NC(C)=O)s2)s1.O=CO. The van der Waals surface area contributed by atoms with Crippen molar-refractivity contribution in [2.24, 2.45) is 0 Å². The molecule has 28 heavy (non-hydrogen) atoms. The molecule has 2 amide bonds. The predicted molar refractivity (Wildman–Crippen MR) is 94.6 cm³/mol. The van der Waals surface area contributed by atoms with E-state index in [0.29, 0.717) is 22.7 Å². The molecule has 2 rings (SSSR count). The molecular formula is C9H11N7O8S4. The molecule has 0 radical (unpaired) electrons. The van der Waals surface area contributed by atoms with Gasteiger partial charge in [0.05, 0.1) is 0 Å². The molecule has 0 atom stereocenters. The highest BCUT2D eigenvalue weighted by Gasteiger charge is 2.31. The second-order valence-electron chi connectivity index (χ2n) is 4.30. The number of hydrogen-bond acceptors (Lipinski definition) is 13. The lowest BCUT2D eigenvalue weighted by Crippen LogP contribution is -2.30. The summed E-state index contributed by atoms with van der Waals surface area (Å²) in [6.07, 6.45) is 0. The molecule has 2 heterocycles. The van der Waals surface area contributed by atoms with E-state index >= 15 is 0 Å². The summed E-state index contributed by atoms with van der Waals surface area (Å²) in [6, 6.07) is 0. The second-order valence-corrected chi connectivity index (χ2v) is 10.2. The van der Waals surface area contributed by atoms with Gasteiger partial charge in [0.1, 0.15) is 0 Å². The van der Waals surface area contributed by atoms with Crippen molar-refractivity contribution in [3.05, 3.63) is 0 Å². The van der Waals surface area contributed by atoms with Gasteiger partial charge in [-0.25, -0.2) is 16.8 Å². The zero-order valence-corrected chi connectivity index (χ0v) is 17.1. The first-order valence-corrected chi connectivity index (χ1v) is 11.1. The Kier molecular flexibility index (Phi) is 7.99. The number of aromatic nitrogens is 4. The Balaban J connectivity index is 0.00000122. The van der Waals surface area contributed by atoms with Gasteiger partial charge in [0.15, 0.2) is 0 Å². The smallest absolute Gasteiger partial charge is 0.290 e. The maximum absolute atomic E-state index is 12.1. The zero-order valence-electron chi connectivity index (χ0n) is 13.8. The Morgan fingerprint density at radius 2 is 1.18 bits per heavy atom. The van der Waals surface area contributed by atoms with Gasteiger partial charge in [-0.3, -0.25) is 14.4 Å². The standard InChI is InChI=1S/C8H9N7O6S4.CH2O2/c1-3(16)9-5-11-13-7(22-5)24(18,19)15-25(20,21)8-14-12-6(23-8)10-4(2)17;2-1-3/h15H,1-2H3,(H,9,11,16)(H,10,12,17);1H,(H,2,3). The molecule has 0 aliphatic rings. The molecule has 0 bridgehead atoms. The molecule has 2 aromatic rings. The molecule has 154 valence electrons. The molecule has 0 unspecified atom stereocenters. The average molecular weight is 473 g/mol. The zero-order chi connectivity index (χ0) is 21.5. The predicted octanol–water partition coefficient (Wildman–Crippen LogP) is -1.33. The number of anilines is 2. The largest absolute Gasteiger partial charge is 0.483 e. The van der Waals surface area contributed by atoms with Gasteiger partial charge in [-0.15, -0.1) is 20.4 Å². The highest BCUT2D eigenvalue weighted by atomic mass is 32.3. The van der Waals surface area contributed by atoms with Crippen LogP contribution in [0.3, 0.4) is 0 Å². The van der Waals surface area contributed by atoms with Crippen molar-refractivity contribution in [1.82, 2.24) is 24.5 Å². The Labute approximate surface area is 165 Å². The van der Waals surface area contributed by atoms with Crippen LogP contribution < -0.4 is 14.8 Å². The summed E-state index contributed by atoms with van der Waals surface area (Å²) in [5.41, 5.74) is 0. The molecule has 4 N–H and O–H groups in total. The van der Waals surface area contributed by atoms with E-state index in [-0.39, 0.29) is 16.7 Å². The Morgan fingerprint density at radius 3 is 1.46 bits per heavy atom. The van der Waals surface area contributed by atoms with Crippen molar-refractivity contribution in [1.29, 1.82) is 0 Å². The van der Waals surface area contributed by atoms with Gasteiger partial charge in [-0.1, -0.05) is 26.8 Å². The summed E-state index contributed by atoms with van der Waals surface area (Å²) in [5.74, 6) is -1.000. The van der Waals surface area contributed by atoms with Crippen molar-refractivity contribution in [2.75, 3.05) is 10.6 Å². The summed E-state index contributed by atoms with van der Waals surface area (Å²) in [5, 5.41) is 24.5. The van der Waals surface area contributed by atoms with E-state index in [2.05, 4.69) is 31.0 Å². The van der Waals surface area contributed by atoms with Gasteiger partial charge in [0.25, 0.3) is 26.5 Å². The van der Waals surface area contributed by atoms with Crippen molar-refractivity contribution in [3.63, 3.8) is 0 Å². The van der Waals surface area contributed by atoms with Crippen LogP contribution >= 0.6 is 22.7 Å². The number of carbonyl (C=O) groups excluding carboxylic acids is 2. The number of sulfonamides is 2. The van der Waals surface area contributed by atoms with Crippen molar-refractivity contribution in [2.45, 2.75) is 22.5 Å². The van der Waals surface area contributed by atoms with E-state index in [0.717, 1.165) is 0 Å². The van der Waals surface area contributed by atoms with Gasteiger partial charge in [0.2, 0.25) is 30.8 Å². The monoisotopic (exact) mass is 473 g/mol. The molecule has 0 fully saturated rings. The minimum absolute atomic E-state index is 0.117. The fraction of sp³-hybridized carbons (Fsp3) is 0.222. The third-order valence-corrected chi connectivity index (χ3v) is 7.98. The normalized spacial score (nSPS) is 11.1. The fourth-order valence-corrected chi connectivity index (χ4v) is 6.29. The topological polar surface area (TPSA) is 227 Å². The molecule has 0 saturated heterocycles. The molecular weight excluding hydrogens is 462 g/mol. The Morgan fingerprint density at radius 1 is 0.857 bits per heavy atom. The van der Waals surface area contributed by atoms with E-state index in [9.17, 15) is 26.4 Å². The maximum atomic E-state index is 12.1. The van der Waals surface area contributed by atoms with Crippen LogP contribution in [0.2, 0.25) is 0 Å². The van der Waals surface area contributed by atoms with Crippen LogP contribution in [0.5, 0.6) is 0 Å². The van der Waals surface area contributed by atoms with Gasteiger partial charge >= 0.3 is 0 Å². The quantitative estimate of drug-likeness (QED) is 0.283. The summed E-state index contributed by atoms with van der Waals surface area (Å²) in [4.78, 5) is 30.1. The van der Waals surface area contributed by atoms with Crippen molar-refractivity contribution >= 4 is 71.3 Å².